The molecule has 5 heteroatoms. The smallest absolute Gasteiger partial charge is 0.419 e. The van der Waals surface area contributed by atoms with Crippen molar-refractivity contribution in [1.29, 1.82) is 0 Å². The molecule has 1 atom stereocenters. The van der Waals surface area contributed by atoms with Gasteiger partial charge in [-0.25, -0.2) is 4.79 Å². The summed E-state index contributed by atoms with van der Waals surface area (Å²) >= 11 is 0. The molecule has 1 heterocycles. The summed E-state index contributed by atoms with van der Waals surface area (Å²) in [6, 6.07) is 5.00. The van der Waals surface area contributed by atoms with Gasteiger partial charge in [-0.2, -0.15) is 0 Å². The number of fused-ring (bicyclic) bond motifs is 1. The monoisotopic (exact) mass is 235 g/mol. The van der Waals surface area contributed by atoms with Crippen LogP contribution in [-0.2, 0) is 11.3 Å². The van der Waals surface area contributed by atoms with Gasteiger partial charge < -0.3 is 9.52 Å². The van der Waals surface area contributed by atoms with Gasteiger partial charge in [-0.1, -0.05) is 6.07 Å². The Balaban J connectivity index is 2.63. The first kappa shape index (κ1) is 11.4. The standard InChI is InChI=1S/C12H13NO4/c1-3-13-9-6-8(7(2)11(14)15)4-5-10(9)17-12(13)16/h4-7H,3H2,1-2H3,(H,14,15). The number of oxazole rings is 1. The third-order valence-corrected chi connectivity index (χ3v) is 2.88. The van der Waals surface area contributed by atoms with E-state index in [1.54, 1.807) is 25.1 Å². The molecule has 1 aromatic heterocycles. The van der Waals surface area contributed by atoms with E-state index < -0.39 is 17.6 Å². The second-order valence-electron chi connectivity index (χ2n) is 3.90. The van der Waals surface area contributed by atoms with E-state index in [9.17, 15) is 9.59 Å². The molecule has 1 N–H and O–H groups in total. The van der Waals surface area contributed by atoms with Crippen LogP contribution in [0.5, 0.6) is 0 Å². The molecule has 0 radical (unpaired) electrons. The second-order valence-corrected chi connectivity index (χ2v) is 3.90. The Morgan fingerprint density at radius 1 is 1.53 bits per heavy atom. The van der Waals surface area contributed by atoms with Gasteiger partial charge in [0.25, 0.3) is 0 Å². The molecular formula is C12H13NO4. The molecule has 0 aliphatic heterocycles. The van der Waals surface area contributed by atoms with Crippen LogP contribution >= 0.6 is 0 Å². The number of aromatic nitrogens is 1. The molecule has 1 unspecified atom stereocenters. The maximum Gasteiger partial charge on any atom is 0.419 e. The third-order valence-electron chi connectivity index (χ3n) is 2.88. The van der Waals surface area contributed by atoms with Gasteiger partial charge in [0.1, 0.15) is 0 Å². The van der Waals surface area contributed by atoms with Crippen molar-refractivity contribution in [2.75, 3.05) is 0 Å². The molecule has 17 heavy (non-hydrogen) atoms. The normalized spacial score (nSPS) is 12.8. The number of hydrogen-bond acceptors (Lipinski definition) is 3. The Kier molecular flexibility index (Phi) is 2.75. The molecule has 0 spiro atoms. The zero-order valence-electron chi connectivity index (χ0n) is 9.64. The summed E-state index contributed by atoms with van der Waals surface area (Å²) in [6.45, 7) is 3.94. The molecule has 2 aromatic rings. The van der Waals surface area contributed by atoms with Crippen molar-refractivity contribution < 1.29 is 14.3 Å². The van der Waals surface area contributed by atoms with Crippen LogP contribution in [0.15, 0.2) is 27.4 Å². The van der Waals surface area contributed by atoms with Crippen molar-refractivity contribution >= 4 is 17.1 Å². The molecule has 0 saturated carbocycles. The lowest BCUT2D eigenvalue weighted by atomic mass is 10.0. The number of nitrogens with zero attached hydrogens (tertiary/aromatic N) is 1. The van der Waals surface area contributed by atoms with E-state index in [0.29, 0.717) is 23.2 Å². The van der Waals surface area contributed by atoms with E-state index in [-0.39, 0.29) is 0 Å². The van der Waals surface area contributed by atoms with Crippen LogP contribution < -0.4 is 5.76 Å². The fraction of sp³-hybridized carbons (Fsp3) is 0.333. The van der Waals surface area contributed by atoms with Crippen molar-refractivity contribution in [2.45, 2.75) is 26.3 Å². The number of carboxylic acids is 1. The van der Waals surface area contributed by atoms with Crippen LogP contribution in [0.4, 0.5) is 0 Å². The fourth-order valence-electron chi connectivity index (χ4n) is 1.79. The van der Waals surface area contributed by atoms with Gasteiger partial charge in [-0.05, 0) is 31.5 Å². The van der Waals surface area contributed by atoms with Crippen molar-refractivity contribution in [3.05, 3.63) is 34.3 Å². The molecule has 0 bridgehead atoms. The Bertz CT molecular complexity index is 623. The van der Waals surface area contributed by atoms with Gasteiger partial charge in [-0.3, -0.25) is 9.36 Å². The predicted octanol–water partition coefficient (Wildman–Crippen LogP) is 1.80. The number of rotatable bonds is 3. The average Bonchev–Trinajstić information content (AvgIpc) is 2.62. The fourth-order valence-corrected chi connectivity index (χ4v) is 1.79. The maximum absolute atomic E-state index is 11.5. The third kappa shape index (κ3) is 1.84. The minimum absolute atomic E-state index is 0.414. The highest BCUT2D eigenvalue weighted by Crippen LogP contribution is 2.21. The highest BCUT2D eigenvalue weighted by atomic mass is 16.4. The van der Waals surface area contributed by atoms with Crippen LogP contribution in [0.25, 0.3) is 11.1 Å². The van der Waals surface area contributed by atoms with E-state index >= 15 is 0 Å². The Labute approximate surface area is 97.3 Å². The predicted molar refractivity (Wildman–Crippen MR) is 62.2 cm³/mol. The van der Waals surface area contributed by atoms with E-state index in [0.717, 1.165) is 0 Å². The number of aryl methyl sites for hydroxylation is 1. The summed E-state index contributed by atoms with van der Waals surface area (Å²) < 4.78 is 6.52. The summed E-state index contributed by atoms with van der Waals surface area (Å²) in [5.74, 6) is -1.91. The van der Waals surface area contributed by atoms with E-state index in [4.69, 9.17) is 9.52 Å². The maximum atomic E-state index is 11.5. The lowest BCUT2D eigenvalue weighted by Gasteiger charge is -2.06. The van der Waals surface area contributed by atoms with E-state index in [1.165, 1.54) is 4.57 Å². The topological polar surface area (TPSA) is 72.4 Å². The van der Waals surface area contributed by atoms with Gasteiger partial charge in [-0.15, -0.1) is 0 Å². The van der Waals surface area contributed by atoms with Crippen molar-refractivity contribution in [3.63, 3.8) is 0 Å². The Hall–Kier alpha value is -2.04. The van der Waals surface area contributed by atoms with Gasteiger partial charge in [0, 0.05) is 6.54 Å². The highest BCUT2D eigenvalue weighted by Gasteiger charge is 2.16. The zero-order valence-corrected chi connectivity index (χ0v) is 9.64. The number of hydrogen-bond donors (Lipinski definition) is 1. The summed E-state index contributed by atoms with van der Waals surface area (Å²) in [5.41, 5.74) is 1.79. The van der Waals surface area contributed by atoms with Crippen molar-refractivity contribution in [2.24, 2.45) is 0 Å². The summed E-state index contributed by atoms with van der Waals surface area (Å²) in [6.07, 6.45) is 0. The van der Waals surface area contributed by atoms with Crippen LogP contribution in [0.1, 0.15) is 25.3 Å². The minimum atomic E-state index is -0.891. The quantitative estimate of drug-likeness (QED) is 0.880. The van der Waals surface area contributed by atoms with Crippen molar-refractivity contribution in [3.8, 4) is 0 Å². The molecule has 0 aliphatic rings. The van der Waals surface area contributed by atoms with Gasteiger partial charge >= 0.3 is 11.7 Å². The molecule has 90 valence electrons. The molecule has 2 rings (SSSR count). The molecule has 0 aliphatic carbocycles. The van der Waals surface area contributed by atoms with E-state index in [2.05, 4.69) is 0 Å². The Morgan fingerprint density at radius 2 is 2.24 bits per heavy atom. The number of benzene rings is 1. The number of carbonyl (C=O) groups is 1. The zero-order chi connectivity index (χ0) is 12.6. The molecule has 0 amide bonds. The second kappa shape index (κ2) is 4.08. The largest absolute Gasteiger partial charge is 0.481 e. The van der Waals surface area contributed by atoms with Gasteiger partial charge in [0.05, 0.1) is 11.4 Å². The first-order valence-corrected chi connectivity index (χ1v) is 5.40. The Morgan fingerprint density at radius 3 is 2.82 bits per heavy atom. The molecular weight excluding hydrogens is 222 g/mol. The summed E-state index contributed by atoms with van der Waals surface area (Å²) in [7, 11) is 0. The average molecular weight is 235 g/mol. The first-order chi connectivity index (χ1) is 8.04. The highest BCUT2D eigenvalue weighted by molar-refractivity contribution is 5.79. The number of aliphatic carboxylic acids is 1. The van der Waals surface area contributed by atoms with Crippen molar-refractivity contribution in [1.82, 2.24) is 4.57 Å². The van der Waals surface area contributed by atoms with Crippen LogP contribution in [-0.4, -0.2) is 15.6 Å². The SMILES string of the molecule is CCn1c(=O)oc2ccc(C(C)C(=O)O)cc21. The molecule has 1 aromatic carbocycles. The van der Waals surface area contributed by atoms with Gasteiger partial charge in [0.15, 0.2) is 5.58 Å². The van der Waals surface area contributed by atoms with Crippen LogP contribution in [0.3, 0.4) is 0 Å². The lowest BCUT2D eigenvalue weighted by Crippen LogP contribution is -2.12. The minimum Gasteiger partial charge on any atom is -0.481 e. The van der Waals surface area contributed by atoms with Crippen LogP contribution in [0.2, 0.25) is 0 Å². The molecule has 5 nitrogen and oxygen atoms in total. The summed E-state index contributed by atoms with van der Waals surface area (Å²) in [4.78, 5) is 22.4. The molecule has 0 saturated heterocycles. The van der Waals surface area contributed by atoms with Gasteiger partial charge in [0.2, 0.25) is 0 Å². The molecule has 0 fully saturated rings. The first-order valence-electron chi connectivity index (χ1n) is 5.40. The van der Waals surface area contributed by atoms with Crippen LogP contribution in [0, 0.1) is 0 Å². The van der Waals surface area contributed by atoms with E-state index in [1.807, 2.05) is 6.92 Å². The lowest BCUT2D eigenvalue weighted by molar-refractivity contribution is -0.138. The summed E-state index contributed by atoms with van der Waals surface area (Å²) in [5, 5.41) is 8.95. The number of carboxylic acid groups (broad SMARTS) is 1.